The van der Waals surface area contributed by atoms with Crippen LogP contribution >= 0.6 is 23.2 Å². The minimum atomic E-state index is -2.60. The molecule has 9 heteroatoms. The molecule has 1 atom stereocenters. The third-order valence-electron chi connectivity index (χ3n) is 4.10. The molecule has 27 heavy (non-hydrogen) atoms. The molecule has 2 aromatic rings. The van der Waals surface area contributed by atoms with E-state index in [1.807, 2.05) is 0 Å². The van der Waals surface area contributed by atoms with Crippen molar-refractivity contribution in [3.05, 3.63) is 57.2 Å². The fraction of sp³-hybridized carbons (Fsp3) is 0.333. The minimum absolute atomic E-state index is 0.00183. The monoisotopic (exact) mass is 416 g/mol. The Bertz CT molecular complexity index is 822. The number of benzene rings is 1. The highest BCUT2D eigenvalue weighted by Gasteiger charge is 2.42. The number of carbonyl (C=O) groups is 1. The molecule has 0 bridgehead atoms. The van der Waals surface area contributed by atoms with Crippen LogP contribution < -0.4 is 5.32 Å². The van der Waals surface area contributed by atoms with Crippen molar-refractivity contribution in [2.45, 2.75) is 31.7 Å². The number of alkyl halides is 1. The van der Waals surface area contributed by atoms with Crippen LogP contribution in [0, 0.1) is 0 Å². The minimum Gasteiger partial charge on any atom is -0.493 e. The van der Waals surface area contributed by atoms with E-state index in [0.29, 0.717) is 16.1 Å². The van der Waals surface area contributed by atoms with E-state index in [4.69, 9.17) is 28.3 Å². The van der Waals surface area contributed by atoms with Crippen LogP contribution in [0.15, 0.2) is 30.5 Å². The van der Waals surface area contributed by atoms with Gasteiger partial charge in [0.1, 0.15) is 0 Å². The average Bonchev–Trinajstić information content (AvgIpc) is 2.64. The first-order valence-electron chi connectivity index (χ1n) is 8.13. The van der Waals surface area contributed by atoms with Gasteiger partial charge in [-0.05, 0) is 48.2 Å². The van der Waals surface area contributed by atoms with Crippen molar-refractivity contribution in [3.8, 4) is 5.88 Å². The number of hydrogen-bond donors (Lipinski definition) is 4. The first-order valence-corrected chi connectivity index (χ1v) is 8.89. The van der Waals surface area contributed by atoms with E-state index in [1.54, 1.807) is 0 Å². The number of nitrogens with one attached hydrogen (secondary N) is 1. The number of halogens is 3. The highest BCUT2D eigenvalue weighted by atomic mass is 35.5. The third-order valence-corrected chi connectivity index (χ3v) is 4.66. The molecule has 0 saturated carbocycles. The van der Waals surface area contributed by atoms with Gasteiger partial charge in [-0.1, -0.05) is 23.2 Å². The van der Waals surface area contributed by atoms with Crippen molar-refractivity contribution >= 4 is 29.1 Å². The van der Waals surface area contributed by atoms with Crippen LogP contribution in [0.5, 0.6) is 5.88 Å². The Hall–Kier alpha value is -1.93. The molecule has 0 saturated heterocycles. The van der Waals surface area contributed by atoms with Crippen molar-refractivity contribution in [2.24, 2.45) is 0 Å². The van der Waals surface area contributed by atoms with Gasteiger partial charge in [0.05, 0.1) is 12.2 Å². The number of pyridine rings is 1. The van der Waals surface area contributed by atoms with Crippen molar-refractivity contribution in [3.63, 3.8) is 0 Å². The maximum atomic E-state index is 15.6. The highest BCUT2D eigenvalue weighted by molar-refractivity contribution is 6.35. The number of aliphatic hydroxyl groups excluding tert-OH is 2. The summed E-state index contributed by atoms with van der Waals surface area (Å²) in [5.41, 5.74) is -2.09. The molecule has 1 aromatic heterocycles. The van der Waals surface area contributed by atoms with Crippen LogP contribution in [0.2, 0.25) is 10.0 Å². The van der Waals surface area contributed by atoms with Gasteiger partial charge in [-0.2, -0.15) is 0 Å². The maximum absolute atomic E-state index is 15.6. The molecule has 4 N–H and O–H groups in total. The quantitative estimate of drug-likeness (QED) is 0.529. The van der Waals surface area contributed by atoms with E-state index in [0.717, 1.165) is 0 Å². The van der Waals surface area contributed by atoms with Crippen LogP contribution in [0.25, 0.3) is 0 Å². The number of carbonyl (C=O) groups excluding carboxylic acids is 1. The zero-order valence-corrected chi connectivity index (χ0v) is 15.8. The second-order valence-electron chi connectivity index (χ2n) is 5.87. The molecule has 2 rings (SSSR count). The largest absolute Gasteiger partial charge is 0.493 e. The molecule has 1 aromatic carbocycles. The lowest BCUT2D eigenvalue weighted by Gasteiger charge is -2.25. The zero-order chi connectivity index (χ0) is 20.0. The van der Waals surface area contributed by atoms with Gasteiger partial charge < -0.3 is 20.6 Å². The summed E-state index contributed by atoms with van der Waals surface area (Å²) in [6, 6.07) is 5.60. The van der Waals surface area contributed by atoms with E-state index in [1.165, 1.54) is 30.5 Å². The smallest absolute Gasteiger partial charge is 0.262 e. The number of nitrogens with zero attached hydrogens (tertiary/aromatic N) is 1. The van der Waals surface area contributed by atoms with Gasteiger partial charge in [-0.25, -0.2) is 9.37 Å². The summed E-state index contributed by atoms with van der Waals surface area (Å²) in [7, 11) is 0. The van der Waals surface area contributed by atoms with Crippen LogP contribution in [0.4, 0.5) is 4.39 Å². The number of aliphatic hydroxyl groups is 2. The first kappa shape index (κ1) is 21.4. The normalized spacial score (nSPS) is 13.2. The molecule has 0 fully saturated rings. The lowest BCUT2D eigenvalue weighted by atomic mass is 9.90. The summed E-state index contributed by atoms with van der Waals surface area (Å²) < 4.78 is 15.6. The molecule has 0 aliphatic heterocycles. The van der Waals surface area contributed by atoms with Gasteiger partial charge in [0.15, 0.2) is 0 Å². The Morgan fingerprint density at radius 3 is 2.67 bits per heavy atom. The van der Waals surface area contributed by atoms with Gasteiger partial charge in [0, 0.05) is 29.4 Å². The molecule has 6 nitrogen and oxygen atoms in total. The maximum Gasteiger partial charge on any atom is 0.262 e. The number of aromatic nitrogens is 1. The molecular formula is C18H19Cl2FN2O4. The molecular weight excluding hydrogens is 398 g/mol. The second-order valence-corrected chi connectivity index (χ2v) is 6.71. The van der Waals surface area contributed by atoms with Crippen LogP contribution in [0.3, 0.4) is 0 Å². The van der Waals surface area contributed by atoms with Crippen molar-refractivity contribution < 1.29 is 24.5 Å². The predicted molar refractivity (Wildman–Crippen MR) is 99.2 cm³/mol. The van der Waals surface area contributed by atoms with E-state index in [9.17, 15) is 15.0 Å². The van der Waals surface area contributed by atoms with Gasteiger partial charge in [-0.3, -0.25) is 4.79 Å². The Labute approximate surface area is 165 Å². The molecule has 0 unspecified atom stereocenters. The fourth-order valence-electron chi connectivity index (χ4n) is 2.70. The van der Waals surface area contributed by atoms with Gasteiger partial charge >= 0.3 is 0 Å². The zero-order valence-electron chi connectivity index (χ0n) is 14.3. The Morgan fingerprint density at radius 1 is 1.30 bits per heavy atom. The van der Waals surface area contributed by atoms with E-state index >= 15 is 4.39 Å². The molecule has 146 valence electrons. The average molecular weight is 417 g/mol. The summed E-state index contributed by atoms with van der Waals surface area (Å²) in [5, 5.41) is 31.3. The van der Waals surface area contributed by atoms with Gasteiger partial charge in [0.2, 0.25) is 11.5 Å². The third kappa shape index (κ3) is 4.87. The molecule has 0 aliphatic carbocycles. The number of amides is 1. The topological polar surface area (TPSA) is 103 Å². The summed E-state index contributed by atoms with van der Waals surface area (Å²) >= 11 is 12.0. The van der Waals surface area contributed by atoms with Crippen LogP contribution in [-0.4, -0.2) is 32.8 Å². The molecule has 0 aliphatic rings. The Morgan fingerprint density at radius 2 is 2.04 bits per heavy atom. The van der Waals surface area contributed by atoms with E-state index < -0.39 is 17.5 Å². The lowest BCUT2D eigenvalue weighted by Crippen LogP contribution is -2.41. The van der Waals surface area contributed by atoms with Gasteiger partial charge in [0.25, 0.3) is 5.91 Å². The van der Waals surface area contributed by atoms with E-state index in [-0.39, 0.29) is 43.2 Å². The molecule has 0 spiro atoms. The number of hydrogen-bond acceptors (Lipinski definition) is 5. The SMILES string of the molecule is O=C(NCc1c(Cl)cc(Cl)cc1CO)[C@](F)(CCCO)c1cccnc1O. The van der Waals surface area contributed by atoms with Crippen LogP contribution in [-0.2, 0) is 23.6 Å². The summed E-state index contributed by atoms with van der Waals surface area (Å²) in [5.74, 6) is -1.62. The lowest BCUT2D eigenvalue weighted by molar-refractivity contribution is -0.134. The predicted octanol–water partition coefficient (Wildman–Crippen LogP) is 2.84. The Balaban J connectivity index is 2.29. The molecule has 1 heterocycles. The number of rotatable bonds is 8. The fourth-order valence-corrected chi connectivity index (χ4v) is 3.31. The van der Waals surface area contributed by atoms with Crippen LogP contribution in [0.1, 0.15) is 29.5 Å². The Kier molecular flexibility index (Phi) is 7.38. The first-order chi connectivity index (χ1) is 12.8. The number of aromatic hydroxyl groups is 1. The summed E-state index contributed by atoms with van der Waals surface area (Å²) in [4.78, 5) is 16.2. The standard InChI is InChI=1S/C18H19Cl2FN2O4/c19-12-7-11(10-25)13(15(20)8-12)9-23-17(27)18(21,4-2-6-24)14-3-1-5-22-16(14)26/h1,3,5,7-8,24-25H,2,4,6,9-10H2,(H,22,26)(H,23,27)/t18-/m0/s1. The molecule has 0 radical (unpaired) electrons. The highest BCUT2D eigenvalue weighted by Crippen LogP contribution is 2.36. The van der Waals surface area contributed by atoms with Crippen molar-refractivity contribution in [2.75, 3.05) is 6.61 Å². The molecule has 1 amide bonds. The summed E-state index contributed by atoms with van der Waals surface area (Å²) in [6.07, 6.45) is 0.919. The van der Waals surface area contributed by atoms with Crippen molar-refractivity contribution in [1.82, 2.24) is 10.3 Å². The van der Waals surface area contributed by atoms with E-state index in [2.05, 4.69) is 10.3 Å². The second kappa shape index (κ2) is 9.32. The van der Waals surface area contributed by atoms with Gasteiger partial charge in [-0.15, -0.1) is 0 Å². The summed E-state index contributed by atoms with van der Waals surface area (Å²) in [6.45, 7) is -0.839. The van der Waals surface area contributed by atoms with Crippen molar-refractivity contribution in [1.29, 1.82) is 0 Å².